The summed E-state index contributed by atoms with van der Waals surface area (Å²) in [6, 6.07) is 3.09. The number of hydrogen-bond donors (Lipinski definition) is 2. The van der Waals surface area contributed by atoms with E-state index in [9.17, 15) is 4.79 Å². The molecule has 0 aromatic carbocycles. The van der Waals surface area contributed by atoms with E-state index in [1.54, 1.807) is 13.0 Å². The van der Waals surface area contributed by atoms with E-state index in [4.69, 9.17) is 9.84 Å². The van der Waals surface area contributed by atoms with E-state index in [-0.39, 0.29) is 5.56 Å². The van der Waals surface area contributed by atoms with Crippen molar-refractivity contribution in [3.05, 3.63) is 23.4 Å². The molecule has 0 aliphatic rings. The fourth-order valence-corrected chi connectivity index (χ4v) is 1.42. The van der Waals surface area contributed by atoms with Crippen LogP contribution in [-0.4, -0.2) is 35.8 Å². The SMILES string of the molecule is CCOCCCNc1cc(C(=O)O)cc(C)n1. The minimum absolute atomic E-state index is 0.254. The van der Waals surface area contributed by atoms with Gasteiger partial charge in [-0.1, -0.05) is 0 Å². The Morgan fingerprint density at radius 3 is 2.94 bits per heavy atom. The van der Waals surface area contributed by atoms with Gasteiger partial charge in [0.15, 0.2) is 0 Å². The van der Waals surface area contributed by atoms with Gasteiger partial charge in [-0.3, -0.25) is 0 Å². The van der Waals surface area contributed by atoms with Crippen LogP contribution < -0.4 is 5.32 Å². The average molecular weight is 238 g/mol. The Labute approximate surface area is 101 Å². The summed E-state index contributed by atoms with van der Waals surface area (Å²) in [4.78, 5) is 15.1. The molecule has 0 saturated carbocycles. The van der Waals surface area contributed by atoms with Crippen LogP contribution >= 0.6 is 0 Å². The Balaban J connectivity index is 2.50. The van der Waals surface area contributed by atoms with Crippen molar-refractivity contribution in [2.45, 2.75) is 20.3 Å². The minimum Gasteiger partial charge on any atom is -0.478 e. The number of carbonyl (C=O) groups is 1. The summed E-state index contributed by atoms with van der Waals surface area (Å²) in [5.74, 6) is -0.341. The quantitative estimate of drug-likeness (QED) is 0.710. The van der Waals surface area contributed by atoms with Gasteiger partial charge in [-0.15, -0.1) is 0 Å². The molecular weight excluding hydrogens is 220 g/mol. The molecule has 1 aromatic rings. The van der Waals surface area contributed by atoms with Crippen molar-refractivity contribution in [2.24, 2.45) is 0 Å². The van der Waals surface area contributed by atoms with E-state index < -0.39 is 5.97 Å². The molecule has 1 heterocycles. The molecule has 94 valence electrons. The molecule has 0 bridgehead atoms. The lowest BCUT2D eigenvalue weighted by atomic mass is 10.2. The smallest absolute Gasteiger partial charge is 0.335 e. The molecular formula is C12H18N2O3. The minimum atomic E-state index is -0.937. The molecule has 0 fully saturated rings. The van der Waals surface area contributed by atoms with Crippen molar-refractivity contribution in [1.82, 2.24) is 4.98 Å². The number of aromatic nitrogens is 1. The molecule has 0 aliphatic carbocycles. The first kappa shape index (κ1) is 13.4. The second-order valence-corrected chi connectivity index (χ2v) is 3.66. The summed E-state index contributed by atoms with van der Waals surface area (Å²) >= 11 is 0. The number of carboxylic acids is 1. The molecule has 0 saturated heterocycles. The molecule has 0 amide bonds. The van der Waals surface area contributed by atoms with Crippen molar-refractivity contribution in [2.75, 3.05) is 25.1 Å². The van der Waals surface area contributed by atoms with Crippen molar-refractivity contribution in [3.63, 3.8) is 0 Å². The van der Waals surface area contributed by atoms with Crippen LogP contribution in [0.4, 0.5) is 5.82 Å². The number of hydrogen-bond acceptors (Lipinski definition) is 4. The number of ether oxygens (including phenoxy) is 1. The fraction of sp³-hybridized carbons (Fsp3) is 0.500. The second-order valence-electron chi connectivity index (χ2n) is 3.66. The van der Waals surface area contributed by atoms with Gasteiger partial charge in [0.25, 0.3) is 0 Å². The van der Waals surface area contributed by atoms with Crippen LogP contribution in [0.5, 0.6) is 0 Å². The van der Waals surface area contributed by atoms with Crippen LogP contribution in [0.15, 0.2) is 12.1 Å². The van der Waals surface area contributed by atoms with E-state index in [1.165, 1.54) is 6.07 Å². The van der Waals surface area contributed by atoms with Gasteiger partial charge in [-0.05, 0) is 32.4 Å². The zero-order valence-electron chi connectivity index (χ0n) is 10.2. The standard InChI is InChI=1S/C12H18N2O3/c1-3-17-6-4-5-13-11-8-10(12(15)16)7-9(2)14-11/h7-8H,3-6H2,1-2H3,(H,13,14)(H,15,16). The molecule has 0 atom stereocenters. The Bertz CT molecular complexity index is 380. The summed E-state index contributed by atoms with van der Waals surface area (Å²) in [6.07, 6.45) is 0.867. The molecule has 0 spiro atoms. The van der Waals surface area contributed by atoms with E-state index in [0.717, 1.165) is 13.0 Å². The van der Waals surface area contributed by atoms with Crippen LogP contribution in [0.3, 0.4) is 0 Å². The predicted molar refractivity (Wildman–Crippen MR) is 65.5 cm³/mol. The van der Waals surface area contributed by atoms with Crippen LogP contribution in [-0.2, 0) is 4.74 Å². The molecule has 0 radical (unpaired) electrons. The summed E-state index contributed by atoms with van der Waals surface area (Å²) < 4.78 is 5.20. The van der Waals surface area contributed by atoms with Gasteiger partial charge in [0.2, 0.25) is 0 Å². The molecule has 0 aliphatic heterocycles. The maximum absolute atomic E-state index is 10.8. The van der Waals surface area contributed by atoms with Gasteiger partial charge in [0, 0.05) is 25.5 Å². The van der Waals surface area contributed by atoms with E-state index in [2.05, 4.69) is 10.3 Å². The summed E-state index contributed by atoms with van der Waals surface area (Å²) in [6.45, 7) is 5.86. The normalized spacial score (nSPS) is 10.2. The predicted octanol–water partition coefficient (Wildman–Crippen LogP) is 1.93. The molecule has 1 rings (SSSR count). The number of anilines is 1. The monoisotopic (exact) mass is 238 g/mol. The lowest BCUT2D eigenvalue weighted by Gasteiger charge is -2.07. The van der Waals surface area contributed by atoms with Crippen molar-refractivity contribution < 1.29 is 14.6 Å². The highest BCUT2D eigenvalue weighted by molar-refractivity contribution is 5.88. The van der Waals surface area contributed by atoms with Gasteiger partial charge in [0.1, 0.15) is 5.82 Å². The third kappa shape index (κ3) is 4.82. The number of carboxylic acid groups (broad SMARTS) is 1. The second kappa shape index (κ2) is 6.85. The van der Waals surface area contributed by atoms with Crippen molar-refractivity contribution in [1.29, 1.82) is 0 Å². The molecule has 0 unspecified atom stereocenters. The fourth-order valence-electron chi connectivity index (χ4n) is 1.42. The van der Waals surface area contributed by atoms with E-state index >= 15 is 0 Å². The summed E-state index contributed by atoms with van der Waals surface area (Å²) in [7, 11) is 0. The van der Waals surface area contributed by atoms with Crippen molar-refractivity contribution >= 4 is 11.8 Å². The zero-order chi connectivity index (χ0) is 12.7. The number of aryl methyl sites for hydroxylation is 1. The number of rotatable bonds is 7. The van der Waals surface area contributed by atoms with Gasteiger partial charge >= 0.3 is 5.97 Å². The maximum atomic E-state index is 10.8. The molecule has 5 heteroatoms. The molecule has 2 N–H and O–H groups in total. The largest absolute Gasteiger partial charge is 0.478 e. The number of nitrogens with zero attached hydrogens (tertiary/aromatic N) is 1. The first-order valence-electron chi connectivity index (χ1n) is 5.67. The topological polar surface area (TPSA) is 71.5 Å². The Kier molecular flexibility index (Phi) is 5.42. The molecule has 5 nitrogen and oxygen atoms in total. The average Bonchev–Trinajstić information content (AvgIpc) is 2.28. The van der Waals surface area contributed by atoms with E-state index in [0.29, 0.717) is 24.7 Å². The summed E-state index contributed by atoms with van der Waals surface area (Å²) in [5, 5.41) is 12.0. The Morgan fingerprint density at radius 1 is 1.53 bits per heavy atom. The highest BCUT2D eigenvalue weighted by Crippen LogP contribution is 2.10. The van der Waals surface area contributed by atoms with Crippen LogP contribution in [0, 0.1) is 6.92 Å². The van der Waals surface area contributed by atoms with Gasteiger partial charge in [-0.25, -0.2) is 9.78 Å². The number of pyridine rings is 1. The first-order valence-corrected chi connectivity index (χ1v) is 5.67. The lowest BCUT2D eigenvalue weighted by Crippen LogP contribution is -2.08. The first-order chi connectivity index (χ1) is 8.13. The van der Waals surface area contributed by atoms with Gasteiger partial charge in [-0.2, -0.15) is 0 Å². The third-order valence-electron chi connectivity index (χ3n) is 2.18. The van der Waals surface area contributed by atoms with Gasteiger partial charge < -0.3 is 15.2 Å². The van der Waals surface area contributed by atoms with Crippen molar-refractivity contribution in [3.8, 4) is 0 Å². The lowest BCUT2D eigenvalue weighted by molar-refractivity contribution is 0.0696. The number of aromatic carboxylic acids is 1. The van der Waals surface area contributed by atoms with Crippen LogP contribution in [0.2, 0.25) is 0 Å². The highest BCUT2D eigenvalue weighted by atomic mass is 16.5. The highest BCUT2D eigenvalue weighted by Gasteiger charge is 2.05. The maximum Gasteiger partial charge on any atom is 0.335 e. The van der Waals surface area contributed by atoms with Gasteiger partial charge in [0.05, 0.1) is 5.56 Å². The van der Waals surface area contributed by atoms with Crippen LogP contribution in [0.1, 0.15) is 29.4 Å². The Hall–Kier alpha value is -1.62. The molecule has 1 aromatic heterocycles. The zero-order valence-corrected chi connectivity index (χ0v) is 10.2. The third-order valence-corrected chi connectivity index (χ3v) is 2.18. The Morgan fingerprint density at radius 2 is 2.29 bits per heavy atom. The molecule has 17 heavy (non-hydrogen) atoms. The number of nitrogens with one attached hydrogen (secondary N) is 1. The van der Waals surface area contributed by atoms with E-state index in [1.807, 2.05) is 6.92 Å². The van der Waals surface area contributed by atoms with Crippen LogP contribution in [0.25, 0.3) is 0 Å². The summed E-state index contributed by atoms with van der Waals surface area (Å²) in [5.41, 5.74) is 0.946.